The molecule has 0 spiro atoms. The highest BCUT2D eigenvalue weighted by Gasteiger charge is 2.13. The molecule has 0 unspecified atom stereocenters. The Hall–Kier alpha value is -2.82. The van der Waals surface area contributed by atoms with Gasteiger partial charge < -0.3 is 9.47 Å². The molecule has 124 valence electrons. The zero-order chi connectivity index (χ0) is 17.3. The van der Waals surface area contributed by atoms with E-state index in [1.165, 1.54) is 11.4 Å². The normalized spacial score (nSPS) is 10.8. The average Bonchev–Trinajstić information content (AvgIpc) is 3.12. The van der Waals surface area contributed by atoms with Crippen molar-refractivity contribution in [2.24, 2.45) is 7.05 Å². The van der Waals surface area contributed by atoms with Crippen LogP contribution >= 0.6 is 0 Å². The molecule has 1 aromatic carbocycles. The van der Waals surface area contributed by atoms with Gasteiger partial charge in [0.15, 0.2) is 0 Å². The van der Waals surface area contributed by atoms with E-state index < -0.39 is 0 Å². The summed E-state index contributed by atoms with van der Waals surface area (Å²) in [7, 11) is 3.68. The van der Waals surface area contributed by atoms with E-state index in [-0.39, 0.29) is 5.91 Å². The standard InChI is InChI=1S/C19H22N4O/c1-14-5-6-15(2)23(14)18-9-7-17(8-10-18)19(24)21(3)12-16-11-20-22(4)13-16/h5-11,13H,12H2,1-4H3. The number of amides is 1. The van der Waals surface area contributed by atoms with Crippen molar-refractivity contribution in [1.82, 2.24) is 19.2 Å². The van der Waals surface area contributed by atoms with Gasteiger partial charge in [-0.3, -0.25) is 9.48 Å². The van der Waals surface area contributed by atoms with E-state index in [0.29, 0.717) is 12.1 Å². The smallest absolute Gasteiger partial charge is 0.253 e. The van der Waals surface area contributed by atoms with Crippen molar-refractivity contribution in [3.8, 4) is 5.69 Å². The summed E-state index contributed by atoms with van der Waals surface area (Å²) in [5.41, 5.74) is 5.14. The molecule has 0 aliphatic rings. The van der Waals surface area contributed by atoms with Crippen molar-refractivity contribution in [3.05, 3.63) is 71.3 Å². The van der Waals surface area contributed by atoms with Crippen LogP contribution in [0, 0.1) is 13.8 Å². The minimum absolute atomic E-state index is 0.00588. The molecule has 5 heteroatoms. The zero-order valence-corrected chi connectivity index (χ0v) is 14.5. The van der Waals surface area contributed by atoms with Gasteiger partial charge >= 0.3 is 0 Å². The van der Waals surface area contributed by atoms with Crippen LogP contribution in [0.3, 0.4) is 0 Å². The van der Waals surface area contributed by atoms with Crippen molar-refractivity contribution in [2.75, 3.05) is 7.05 Å². The lowest BCUT2D eigenvalue weighted by atomic mass is 10.1. The van der Waals surface area contributed by atoms with Crippen molar-refractivity contribution >= 4 is 5.91 Å². The molecule has 24 heavy (non-hydrogen) atoms. The third-order valence-corrected chi connectivity index (χ3v) is 4.17. The number of carbonyl (C=O) groups is 1. The molecule has 0 saturated heterocycles. The van der Waals surface area contributed by atoms with Gasteiger partial charge in [0, 0.05) is 55.0 Å². The predicted molar refractivity (Wildman–Crippen MR) is 94.2 cm³/mol. The van der Waals surface area contributed by atoms with Crippen LogP contribution in [0.25, 0.3) is 5.69 Å². The Kier molecular flexibility index (Phi) is 4.25. The molecule has 1 amide bonds. The minimum atomic E-state index is 0.00588. The van der Waals surface area contributed by atoms with E-state index in [1.54, 1.807) is 15.8 Å². The first-order valence-corrected chi connectivity index (χ1v) is 7.94. The Morgan fingerprint density at radius 2 is 1.71 bits per heavy atom. The molecular weight excluding hydrogens is 300 g/mol. The fourth-order valence-corrected chi connectivity index (χ4v) is 2.95. The van der Waals surface area contributed by atoms with Crippen molar-refractivity contribution in [3.63, 3.8) is 0 Å². The highest BCUT2D eigenvalue weighted by atomic mass is 16.2. The molecule has 3 aromatic rings. The highest BCUT2D eigenvalue weighted by Crippen LogP contribution is 2.17. The van der Waals surface area contributed by atoms with Gasteiger partial charge in [-0.25, -0.2) is 0 Å². The van der Waals surface area contributed by atoms with E-state index in [0.717, 1.165) is 11.3 Å². The molecule has 0 bridgehead atoms. The predicted octanol–water partition coefficient (Wildman–Crippen LogP) is 3.10. The van der Waals surface area contributed by atoms with E-state index in [4.69, 9.17) is 0 Å². The van der Waals surface area contributed by atoms with Gasteiger partial charge in [0.05, 0.1) is 6.20 Å². The number of benzene rings is 1. The summed E-state index contributed by atoms with van der Waals surface area (Å²) in [5, 5.41) is 4.13. The van der Waals surface area contributed by atoms with Crippen LogP contribution in [0.15, 0.2) is 48.8 Å². The molecule has 5 nitrogen and oxygen atoms in total. The van der Waals surface area contributed by atoms with Gasteiger partial charge in [0.2, 0.25) is 0 Å². The second kappa shape index (κ2) is 6.35. The molecule has 0 fully saturated rings. The summed E-state index contributed by atoms with van der Waals surface area (Å²) >= 11 is 0. The monoisotopic (exact) mass is 322 g/mol. The van der Waals surface area contributed by atoms with Crippen LogP contribution in [0.4, 0.5) is 0 Å². The van der Waals surface area contributed by atoms with Crippen LogP contribution in [0.2, 0.25) is 0 Å². The van der Waals surface area contributed by atoms with E-state index in [1.807, 2.05) is 44.6 Å². The molecule has 0 N–H and O–H groups in total. The quantitative estimate of drug-likeness (QED) is 0.741. The summed E-state index contributed by atoms with van der Waals surface area (Å²) in [6.45, 7) is 4.70. The van der Waals surface area contributed by atoms with Crippen LogP contribution in [-0.4, -0.2) is 32.2 Å². The fraction of sp³-hybridized carbons (Fsp3) is 0.263. The van der Waals surface area contributed by atoms with Gasteiger partial charge in [0.1, 0.15) is 0 Å². The lowest BCUT2D eigenvalue weighted by Gasteiger charge is -2.17. The average molecular weight is 322 g/mol. The van der Waals surface area contributed by atoms with Gasteiger partial charge in [-0.05, 0) is 50.2 Å². The molecule has 0 saturated carbocycles. The molecule has 3 rings (SSSR count). The zero-order valence-electron chi connectivity index (χ0n) is 14.5. The fourth-order valence-electron chi connectivity index (χ4n) is 2.95. The van der Waals surface area contributed by atoms with Crippen LogP contribution in [0.5, 0.6) is 0 Å². The Morgan fingerprint density at radius 3 is 2.25 bits per heavy atom. The molecule has 0 aliphatic carbocycles. The number of hydrogen-bond donors (Lipinski definition) is 0. The minimum Gasteiger partial charge on any atom is -0.337 e. The van der Waals surface area contributed by atoms with Crippen molar-refractivity contribution < 1.29 is 4.79 Å². The van der Waals surface area contributed by atoms with Crippen LogP contribution in [-0.2, 0) is 13.6 Å². The number of aryl methyl sites for hydroxylation is 3. The third kappa shape index (κ3) is 3.11. The first kappa shape index (κ1) is 16.1. The summed E-state index contributed by atoms with van der Waals surface area (Å²) in [5.74, 6) is 0.00588. The van der Waals surface area contributed by atoms with Gasteiger partial charge in [-0.2, -0.15) is 5.10 Å². The number of carbonyl (C=O) groups excluding carboxylic acids is 1. The summed E-state index contributed by atoms with van der Waals surface area (Å²) in [4.78, 5) is 14.3. The molecule has 0 atom stereocenters. The van der Waals surface area contributed by atoms with E-state index in [2.05, 4.69) is 35.6 Å². The van der Waals surface area contributed by atoms with Gasteiger partial charge in [-0.1, -0.05) is 0 Å². The molecular formula is C19H22N4O. The number of nitrogens with zero attached hydrogens (tertiary/aromatic N) is 4. The second-order valence-electron chi connectivity index (χ2n) is 6.18. The van der Waals surface area contributed by atoms with Crippen molar-refractivity contribution in [1.29, 1.82) is 0 Å². The highest BCUT2D eigenvalue weighted by molar-refractivity contribution is 5.94. The van der Waals surface area contributed by atoms with Crippen LogP contribution < -0.4 is 0 Å². The lowest BCUT2D eigenvalue weighted by molar-refractivity contribution is 0.0785. The largest absolute Gasteiger partial charge is 0.337 e. The summed E-state index contributed by atoms with van der Waals surface area (Å²) in [6.07, 6.45) is 3.70. The van der Waals surface area contributed by atoms with Crippen molar-refractivity contribution in [2.45, 2.75) is 20.4 Å². The summed E-state index contributed by atoms with van der Waals surface area (Å²) < 4.78 is 3.91. The maximum Gasteiger partial charge on any atom is 0.253 e. The molecule has 0 radical (unpaired) electrons. The second-order valence-corrected chi connectivity index (χ2v) is 6.18. The van der Waals surface area contributed by atoms with E-state index in [9.17, 15) is 4.79 Å². The molecule has 2 heterocycles. The van der Waals surface area contributed by atoms with Gasteiger partial charge in [-0.15, -0.1) is 0 Å². The van der Waals surface area contributed by atoms with Gasteiger partial charge in [0.25, 0.3) is 5.91 Å². The van der Waals surface area contributed by atoms with E-state index >= 15 is 0 Å². The van der Waals surface area contributed by atoms with Crippen LogP contribution in [0.1, 0.15) is 27.3 Å². The Labute approximate surface area is 142 Å². The first-order chi connectivity index (χ1) is 11.5. The molecule has 0 aliphatic heterocycles. The molecule has 2 aromatic heterocycles. The Bertz CT molecular complexity index is 838. The maximum atomic E-state index is 12.6. The summed E-state index contributed by atoms with van der Waals surface area (Å²) in [6, 6.07) is 11.9. The topological polar surface area (TPSA) is 43.1 Å². The first-order valence-electron chi connectivity index (χ1n) is 7.94. The Balaban J connectivity index is 1.76. The number of rotatable bonds is 4. The SMILES string of the molecule is Cc1ccc(C)n1-c1ccc(C(=O)N(C)Cc2cnn(C)c2)cc1. The lowest BCUT2D eigenvalue weighted by Crippen LogP contribution is -2.26. The number of hydrogen-bond acceptors (Lipinski definition) is 2. The number of aromatic nitrogens is 3. The maximum absolute atomic E-state index is 12.6. The third-order valence-electron chi connectivity index (χ3n) is 4.17. The Morgan fingerprint density at radius 1 is 1.08 bits per heavy atom.